The molecule has 0 bridgehead atoms. The molecule has 0 N–H and O–H groups in total. The van der Waals surface area contributed by atoms with E-state index >= 15 is 0 Å². The Labute approximate surface area is 126 Å². The maximum Gasteiger partial charge on any atom is 0.343 e. The quantitative estimate of drug-likeness (QED) is 0.814. The SMILES string of the molecule is C=Cc1cc2c(cc1F)c(=O)c(C(=O)OCC)cn2C1CC1. The highest BCUT2D eigenvalue weighted by molar-refractivity contribution is 5.94. The number of ether oxygens (including phenoxy) is 1. The second kappa shape index (κ2) is 5.40. The zero-order valence-corrected chi connectivity index (χ0v) is 12.3. The molecule has 2 aromatic rings. The molecule has 1 aromatic heterocycles. The fourth-order valence-corrected chi connectivity index (χ4v) is 2.55. The van der Waals surface area contributed by atoms with Gasteiger partial charge in [-0.05, 0) is 31.9 Å². The summed E-state index contributed by atoms with van der Waals surface area (Å²) in [6, 6.07) is 3.02. The van der Waals surface area contributed by atoms with E-state index in [1.165, 1.54) is 18.3 Å². The molecule has 1 aliphatic carbocycles. The fraction of sp³-hybridized carbons (Fsp3) is 0.294. The topological polar surface area (TPSA) is 48.3 Å². The van der Waals surface area contributed by atoms with Gasteiger partial charge in [0, 0.05) is 23.2 Å². The van der Waals surface area contributed by atoms with E-state index in [0.717, 1.165) is 12.8 Å². The molecule has 0 amide bonds. The normalized spacial score (nSPS) is 14.1. The van der Waals surface area contributed by atoms with Crippen LogP contribution in [0.4, 0.5) is 4.39 Å². The van der Waals surface area contributed by atoms with Gasteiger partial charge in [0.1, 0.15) is 11.4 Å². The Morgan fingerprint density at radius 3 is 2.82 bits per heavy atom. The van der Waals surface area contributed by atoms with E-state index in [0.29, 0.717) is 11.1 Å². The molecule has 0 spiro atoms. The summed E-state index contributed by atoms with van der Waals surface area (Å²) in [6.07, 6.45) is 4.89. The second-order valence-electron chi connectivity index (χ2n) is 5.33. The Kier molecular flexibility index (Phi) is 3.56. The van der Waals surface area contributed by atoms with E-state index in [-0.39, 0.29) is 23.6 Å². The van der Waals surface area contributed by atoms with E-state index in [4.69, 9.17) is 4.74 Å². The molecular formula is C17H16FNO3. The predicted molar refractivity (Wildman–Crippen MR) is 82.5 cm³/mol. The summed E-state index contributed by atoms with van der Waals surface area (Å²) in [7, 11) is 0. The first-order valence-electron chi connectivity index (χ1n) is 7.24. The van der Waals surface area contributed by atoms with Crippen molar-refractivity contribution in [2.24, 2.45) is 0 Å². The maximum absolute atomic E-state index is 14.0. The highest BCUT2D eigenvalue weighted by Gasteiger charge is 2.27. The summed E-state index contributed by atoms with van der Waals surface area (Å²) in [6.45, 7) is 5.44. The minimum atomic E-state index is -0.669. The minimum Gasteiger partial charge on any atom is -0.462 e. The smallest absolute Gasteiger partial charge is 0.343 e. The number of fused-ring (bicyclic) bond motifs is 1. The highest BCUT2D eigenvalue weighted by atomic mass is 19.1. The van der Waals surface area contributed by atoms with Crippen LogP contribution in [0.5, 0.6) is 0 Å². The van der Waals surface area contributed by atoms with Crippen molar-refractivity contribution in [2.75, 3.05) is 6.61 Å². The number of rotatable bonds is 4. The van der Waals surface area contributed by atoms with Crippen LogP contribution in [-0.4, -0.2) is 17.1 Å². The third-order valence-corrected chi connectivity index (χ3v) is 3.81. The van der Waals surface area contributed by atoms with Gasteiger partial charge in [-0.15, -0.1) is 0 Å². The Balaban J connectivity index is 2.33. The van der Waals surface area contributed by atoms with Crippen LogP contribution >= 0.6 is 0 Å². The number of pyridine rings is 1. The van der Waals surface area contributed by atoms with E-state index in [9.17, 15) is 14.0 Å². The number of hydrogen-bond donors (Lipinski definition) is 0. The van der Waals surface area contributed by atoms with Crippen molar-refractivity contribution in [3.8, 4) is 0 Å². The van der Waals surface area contributed by atoms with Crippen molar-refractivity contribution in [2.45, 2.75) is 25.8 Å². The number of benzene rings is 1. The van der Waals surface area contributed by atoms with E-state index in [1.54, 1.807) is 13.0 Å². The molecule has 5 heteroatoms. The maximum atomic E-state index is 14.0. The van der Waals surface area contributed by atoms with Crippen LogP contribution in [0.2, 0.25) is 0 Å². The predicted octanol–water partition coefficient (Wildman–Crippen LogP) is 3.30. The molecular weight excluding hydrogens is 285 g/mol. The Bertz CT molecular complexity index is 834. The van der Waals surface area contributed by atoms with Gasteiger partial charge in [0.25, 0.3) is 0 Å². The third kappa shape index (κ3) is 2.32. The standard InChI is InChI=1S/C17H16FNO3/c1-3-10-7-15-12(8-14(10)18)16(20)13(17(21)22-4-2)9-19(15)11-5-6-11/h3,7-9,11H,1,4-6H2,2H3. The zero-order chi connectivity index (χ0) is 15.9. The molecule has 114 valence electrons. The summed E-state index contributed by atoms with van der Waals surface area (Å²) in [5.74, 6) is -1.19. The summed E-state index contributed by atoms with van der Waals surface area (Å²) in [5.41, 5.74) is 0.411. The molecule has 0 unspecified atom stereocenters. The molecule has 1 saturated carbocycles. The molecule has 0 aliphatic heterocycles. The first-order valence-corrected chi connectivity index (χ1v) is 7.24. The van der Waals surface area contributed by atoms with Crippen molar-refractivity contribution >= 4 is 22.9 Å². The van der Waals surface area contributed by atoms with Gasteiger partial charge in [-0.25, -0.2) is 9.18 Å². The first kappa shape index (κ1) is 14.5. The molecule has 22 heavy (non-hydrogen) atoms. The van der Waals surface area contributed by atoms with Gasteiger partial charge in [-0.3, -0.25) is 4.79 Å². The van der Waals surface area contributed by atoms with Gasteiger partial charge in [0.2, 0.25) is 5.43 Å². The van der Waals surface area contributed by atoms with Gasteiger partial charge < -0.3 is 9.30 Å². The van der Waals surface area contributed by atoms with Crippen molar-refractivity contribution in [3.05, 3.63) is 52.1 Å². The number of halogens is 1. The Morgan fingerprint density at radius 2 is 2.23 bits per heavy atom. The fourth-order valence-electron chi connectivity index (χ4n) is 2.55. The molecule has 1 aromatic carbocycles. The average Bonchev–Trinajstić information content (AvgIpc) is 3.32. The molecule has 1 aliphatic rings. The lowest BCUT2D eigenvalue weighted by Crippen LogP contribution is -2.21. The monoisotopic (exact) mass is 301 g/mol. The van der Waals surface area contributed by atoms with Gasteiger partial charge in [-0.1, -0.05) is 12.7 Å². The van der Waals surface area contributed by atoms with Gasteiger partial charge in [-0.2, -0.15) is 0 Å². The molecule has 0 atom stereocenters. The van der Waals surface area contributed by atoms with E-state index < -0.39 is 17.2 Å². The zero-order valence-electron chi connectivity index (χ0n) is 12.3. The number of carbonyl (C=O) groups excluding carboxylic acids is 1. The Hall–Kier alpha value is -2.43. The van der Waals surface area contributed by atoms with Crippen LogP contribution in [0.15, 0.2) is 29.7 Å². The van der Waals surface area contributed by atoms with Gasteiger partial charge in [0.05, 0.1) is 12.1 Å². The molecule has 0 radical (unpaired) electrons. The number of aromatic nitrogens is 1. The van der Waals surface area contributed by atoms with Crippen LogP contribution < -0.4 is 5.43 Å². The number of carbonyl (C=O) groups is 1. The second-order valence-corrected chi connectivity index (χ2v) is 5.33. The number of esters is 1. The van der Waals surface area contributed by atoms with Gasteiger partial charge >= 0.3 is 5.97 Å². The lowest BCUT2D eigenvalue weighted by Gasteiger charge is -2.13. The number of nitrogens with zero attached hydrogens (tertiary/aromatic N) is 1. The number of hydrogen-bond acceptors (Lipinski definition) is 3. The molecule has 1 heterocycles. The van der Waals surface area contributed by atoms with Crippen molar-refractivity contribution in [3.63, 3.8) is 0 Å². The minimum absolute atomic E-state index is 0.0491. The van der Waals surface area contributed by atoms with Crippen LogP contribution in [0.1, 0.15) is 41.7 Å². The molecule has 0 saturated heterocycles. The first-order chi connectivity index (χ1) is 10.6. The molecule has 4 nitrogen and oxygen atoms in total. The third-order valence-electron chi connectivity index (χ3n) is 3.81. The van der Waals surface area contributed by atoms with Gasteiger partial charge in [0.15, 0.2) is 0 Å². The lowest BCUT2D eigenvalue weighted by atomic mass is 10.1. The van der Waals surface area contributed by atoms with Crippen molar-refractivity contribution in [1.82, 2.24) is 4.57 Å². The largest absolute Gasteiger partial charge is 0.462 e. The van der Waals surface area contributed by atoms with Crippen LogP contribution in [0.25, 0.3) is 17.0 Å². The van der Waals surface area contributed by atoms with Crippen LogP contribution in [0.3, 0.4) is 0 Å². The Morgan fingerprint density at radius 1 is 1.50 bits per heavy atom. The summed E-state index contributed by atoms with van der Waals surface area (Å²) in [4.78, 5) is 24.5. The van der Waals surface area contributed by atoms with E-state index in [1.807, 2.05) is 4.57 Å². The summed E-state index contributed by atoms with van der Waals surface area (Å²) in [5, 5.41) is 0.195. The van der Waals surface area contributed by atoms with Crippen LogP contribution in [-0.2, 0) is 4.74 Å². The van der Waals surface area contributed by atoms with Crippen LogP contribution in [0, 0.1) is 5.82 Å². The average molecular weight is 301 g/mol. The molecule has 3 rings (SSSR count). The summed E-state index contributed by atoms with van der Waals surface area (Å²) < 4.78 is 20.8. The summed E-state index contributed by atoms with van der Waals surface area (Å²) >= 11 is 0. The van der Waals surface area contributed by atoms with Crippen molar-refractivity contribution in [1.29, 1.82) is 0 Å². The lowest BCUT2D eigenvalue weighted by molar-refractivity contribution is 0.0524. The van der Waals surface area contributed by atoms with Crippen molar-refractivity contribution < 1.29 is 13.9 Å². The molecule has 1 fully saturated rings. The van der Waals surface area contributed by atoms with E-state index in [2.05, 4.69) is 6.58 Å². The highest BCUT2D eigenvalue weighted by Crippen LogP contribution is 2.37.